The van der Waals surface area contributed by atoms with Gasteiger partial charge in [-0.3, -0.25) is 0 Å². The lowest BCUT2D eigenvalue weighted by atomic mass is 10.1. The number of benzene rings is 1. The Morgan fingerprint density at radius 3 is 1.92 bits per heavy atom. The Kier molecular flexibility index (Phi) is 10.6. The molecule has 0 aliphatic carbocycles. The predicted octanol–water partition coefficient (Wildman–Crippen LogP) is 5.41. The molecular weight excluding hydrogens is 316 g/mol. The van der Waals surface area contributed by atoms with Crippen LogP contribution in [0.15, 0.2) is 24.3 Å². The smallest absolute Gasteiger partial charge is 0.339 e. The summed E-state index contributed by atoms with van der Waals surface area (Å²) < 4.78 is 10.6. The molecule has 0 unspecified atom stereocenters. The van der Waals surface area contributed by atoms with E-state index in [0.29, 0.717) is 19.1 Å². The highest BCUT2D eigenvalue weighted by Crippen LogP contribution is 2.13. The first-order valence-corrected chi connectivity index (χ1v) is 9.49. The average Bonchev–Trinajstić information content (AvgIpc) is 2.60. The molecule has 0 saturated heterocycles. The Hall–Kier alpha value is -1.84. The van der Waals surface area contributed by atoms with Crippen molar-refractivity contribution >= 4 is 11.9 Å². The Morgan fingerprint density at radius 1 is 0.840 bits per heavy atom. The zero-order valence-corrected chi connectivity index (χ0v) is 15.9. The Bertz CT molecular complexity index is 522. The lowest BCUT2D eigenvalue weighted by Crippen LogP contribution is -2.15. The molecule has 0 aliphatic rings. The van der Waals surface area contributed by atoms with Gasteiger partial charge < -0.3 is 9.47 Å². The third-order valence-corrected chi connectivity index (χ3v) is 4.03. The van der Waals surface area contributed by atoms with Crippen molar-refractivity contribution in [1.82, 2.24) is 0 Å². The van der Waals surface area contributed by atoms with E-state index in [0.717, 1.165) is 19.3 Å². The molecule has 0 aliphatic heterocycles. The number of carbonyl (C=O) groups is 2. The SMILES string of the molecule is CCCCCCCCOC(=O)c1ccccc1C(=O)OCCC(C)C. The lowest BCUT2D eigenvalue weighted by molar-refractivity contribution is 0.0445. The molecule has 0 saturated carbocycles. The van der Waals surface area contributed by atoms with Crippen molar-refractivity contribution in [1.29, 1.82) is 0 Å². The normalized spacial score (nSPS) is 10.7. The van der Waals surface area contributed by atoms with Crippen molar-refractivity contribution < 1.29 is 19.1 Å². The van der Waals surface area contributed by atoms with Gasteiger partial charge in [-0.2, -0.15) is 0 Å². The van der Waals surface area contributed by atoms with Crippen LogP contribution in [0.4, 0.5) is 0 Å². The summed E-state index contributed by atoms with van der Waals surface area (Å²) in [4.78, 5) is 24.5. The molecule has 1 aromatic carbocycles. The van der Waals surface area contributed by atoms with E-state index >= 15 is 0 Å². The van der Waals surface area contributed by atoms with Gasteiger partial charge in [-0.25, -0.2) is 9.59 Å². The second kappa shape index (κ2) is 12.5. The maximum Gasteiger partial charge on any atom is 0.339 e. The molecule has 25 heavy (non-hydrogen) atoms. The zero-order chi connectivity index (χ0) is 18.5. The molecule has 0 spiro atoms. The van der Waals surface area contributed by atoms with Crippen LogP contribution in [0.5, 0.6) is 0 Å². The Labute approximate surface area is 151 Å². The van der Waals surface area contributed by atoms with Crippen LogP contribution in [-0.4, -0.2) is 25.2 Å². The molecule has 4 heteroatoms. The van der Waals surface area contributed by atoms with Gasteiger partial charge in [-0.05, 0) is 30.9 Å². The summed E-state index contributed by atoms with van der Waals surface area (Å²) in [5, 5.41) is 0. The first-order chi connectivity index (χ1) is 12.1. The second-order valence-corrected chi connectivity index (χ2v) is 6.77. The van der Waals surface area contributed by atoms with Gasteiger partial charge in [0.1, 0.15) is 0 Å². The highest BCUT2D eigenvalue weighted by molar-refractivity contribution is 6.03. The number of hydrogen-bond donors (Lipinski definition) is 0. The molecule has 140 valence electrons. The number of esters is 2. The van der Waals surface area contributed by atoms with E-state index in [9.17, 15) is 9.59 Å². The molecule has 0 amide bonds. The van der Waals surface area contributed by atoms with Crippen LogP contribution >= 0.6 is 0 Å². The Balaban J connectivity index is 2.46. The fraction of sp³-hybridized carbons (Fsp3) is 0.619. The highest BCUT2D eigenvalue weighted by Gasteiger charge is 2.18. The lowest BCUT2D eigenvalue weighted by Gasteiger charge is -2.10. The zero-order valence-electron chi connectivity index (χ0n) is 15.9. The second-order valence-electron chi connectivity index (χ2n) is 6.77. The van der Waals surface area contributed by atoms with Crippen LogP contribution < -0.4 is 0 Å². The van der Waals surface area contributed by atoms with Crippen molar-refractivity contribution in [3.8, 4) is 0 Å². The minimum atomic E-state index is -0.465. The topological polar surface area (TPSA) is 52.6 Å². The van der Waals surface area contributed by atoms with Crippen molar-refractivity contribution in [2.24, 2.45) is 5.92 Å². The van der Waals surface area contributed by atoms with Crippen LogP contribution in [-0.2, 0) is 9.47 Å². The quantitative estimate of drug-likeness (QED) is 0.374. The molecule has 0 fully saturated rings. The molecule has 0 N–H and O–H groups in total. The molecule has 0 heterocycles. The summed E-state index contributed by atoms with van der Waals surface area (Å²) in [7, 11) is 0. The van der Waals surface area contributed by atoms with Crippen LogP contribution in [0, 0.1) is 5.92 Å². The third kappa shape index (κ3) is 8.71. The van der Waals surface area contributed by atoms with Gasteiger partial charge in [-0.1, -0.05) is 65.0 Å². The molecule has 0 aromatic heterocycles. The summed E-state index contributed by atoms with van der Waals surface area (Å²) in [6, 6.07) is 6.68. The summed E-state index contributed by atoms with van der Waals surface area (Å²) in [6.45, 7) is 7.08. The van der Waals surface area contributed by atoms with E-state index in [4.69, 9.17) is 9.47 Å². The molecule has 0 atom stereocenters. The van der Waals surface area contributed by atoms with Crippen molar-refractivity contribution in [2.45, 2.75) is 65.7 Å². The molecule has 4 nitrogen and oxygen atoms in total. The number of rotatable bonds is 12. The van der Waals surface area contributed by atoms with E-state index in [1.807, 2.05) is 0 Å². The molecule has 1 rings (SSSR count). The van der Waals surface area contributed by atoms with Gasteiger partial charge in [0, 0.05) is 0 Å². The molecule has 0 radical (unpaired) electrons. The third-order valence-electron chi connectivity index (χ3n) is 4.03. The number of ether oxygens (including phenoxy) is 2. The van der Waals surface area contributed by atoms with Crippen LogP contribution in [0.25, 0.3) is 0 Å². The fourth-order valence-electron chi connectivity index (χ4n) is 2.43. The van der Waals surface area contributed by atoms with Gasteiger partial charge in [-0.15, -0.1) is 0 Å². The van der Waals surface area contributed by atoms with Crippen LogP contribution in [0.2, 0.25) is 0 Å². The minimum absolute atomic E-state index is 0.277. The van der Waals surface area contributed by atoms with E-state index < -0.39 is 11.9 Å². The van der Waals surface area contributed by atoms with E-state index in [1.165, 1.54) is 25.7 Å². The number of hydrogen-bond acceptors (Lipinski definition) is 4. The maximum atomic E-state index is 12.3. The maximum absolute atomic E-state index is 12.3. The first kappa shape index (κ1) is 21.2. The van der Waals surface area contributed by atoms with Crippen LogP contribution in [0.1, 0.15) is 86.4 Å². The fourth-order valence-corrected chi connectivity index (χ4v) is 2.43. The van der Waals surface area contributed by atoms with E-state index in [1.54, 1.807) is 24.3 Å². The summed E-state index contributed by atoms with van der Waals surface area (Å²) >= 11 is 0. The monoisotopic (exact) mass is 348 g/mol. The standard InChI is InChI=1S/C21H32O4/c1-4-5-6-7-8-11-15-24-20(22)18-12-9-10-13-19(18)21(23)25-16-14-17(2)3/h9-10,12-13,17H,4-8,11,14-16H2,1-3H3. The highest BCUT2D eigenvalue weighted by atomic mass is 16.5. The van der Waals surface area contributed by atoms with Crippen LogP contribution in [0.3, 0.4) is 0 Å². The summed E-state index contributed by atoms with van der Waals surface area (Å²) in [5.41, 5.74) is 0.558. The largest absolute Gasteiger partial charge is 0.462 e. The van der Waals surface area contributed by atoms with Crippen molar-refractivity contribution in [3.05, 3.63) is 35.4 Å². The van der Waals surface area contributed by atoms with E-state index in [-0.39, 0.29) is 11.1 Å². The first-order valence-electron chi connectivity index (χ1n) is 9.49. The molecular formula is C21H32O4. The van der Waals surface area contributed by atoms with Crippen molar-refractivity contribution in [2.75, 3.05) is 13.2 Å². The predicted molar refractivity (Wildman–Crippen MR) is 99.8 cm³/mol. The van der Waals surface area contributed by atoms with Crippen molar-refractivity contribution in [3.63, 3.8) is 0 Å². The summed E-state index contributed by atoms with van der Waals surface area (Å²) in [6.07, 6.45) is 7.60. The Morgan fingerprint density at radius 2 is 1.36 bits per heavy atom. The van der Waals surface area contributed by atoms with Gasteiger partial charge in [0.2, 0.25) is 0 Å². The molecule has 0 bridgehead atoms. The van der Waals surface area contributed by atoms with Gasteiger partial charge in [0.25, 0.3) is 0 Å². The van der Waals surface area contributed by atoms with Gasteiger partial charge in [0.15, 0.2) is 0 Å². The molecule has 1 aromatic rings. The van der Waals surface area contributed by atoms with Gasteiger partial charge in [0.05, 0.1) is 24.3 Å². The van der Waals surface area contributed by atoms with Gasteiger partial charge >= 0.3 is 11.9 Å². The minimum Gasteiger partial charge on any atom is -0.462 e. The average molecular weight is 348 g/mol. The number of unbranched alkanes of at least 4 members (excludes halogenated alkanes) is 5. The van der Waals surface area contributed by atoms with E-state index in [2.05, 4.69) is 20.8 Å². The number of carbonyl (C=O) groups excluding carboxylic acids is 2. The summed E-state index contributed by atoms with van der Waals surface area (Å²) in [5.74, 6) is -0.455.